The monoisotopic (exact) mass is 312 g/mol. The molecule has 0 spiro atoms. The molecular weight excluding hydrogens is 292 g/mol. The minimum atomic E-state index is -0.0522. The maximum atomic E-state index is 12.4. The van der Waals surface area contributed by atoms with Gasteiger partial charge in [-0.3, -0.25) is 9.78 Å². The molecule has 2 aromatic rings. The van der Waals surface area contributed by atoms with Crippen molar-refractivity contribution in [1.82, 2.24) is 9.97 Å². The van der Waals surface area contributed by atoms with Crippen molar-refractivity contribution in [3.63, 3.8) is 0 Å². The number of nitrogens with zero attached hydrogens (tertiary/aromatic N) is 3. The van der Waals surface area contributed by atoms with Crippen molar-refractivity contribution in [1.29, 1.82) is 0 Å². The molecule has 1 aliphatic heterocycles. The number of anilines is 2. The second-order valence-corrected chi connectivity index (χ2v) is 5.83. The second kappa shape index (κ2) is 6.64. The average molecular weight is 312 g/mol. The first-order chi connectivity index (χ1) is 11.1. The van der Waals surface area contributed by atoms with Crippen LogP contribution in [0.4, 0.5) is 11.5 Å². The van der Waals surface area contributed by atoms with Gasteiger partial charge >= 0.3 is 0 Å². The second-order valence-electron chi connectivity index (χ2n) is 5.83. The van der Waals surface area contributed by atoms with Crippen LogP contribution in [-0.2, 0) is 4.79 Å². The molecule has 1 amide bonds. The molecule has 1 aromatic heterocycles. The Balaban J connectivity index is 1.58. The number of carbonyl (C=O) groups excluding carboxylic acids is 1. The van der Waals surface area contributed by atoms with Gasteiger partial charge in [0.1, 0.15) is 11.6 Å². The molecule has 6 heteroatoms. The minimum absolute atomic E-state index is 0.0389. The number of benzene rings is 1. The van der Waals surface area contributed by atoms with Crippen LogP contribution in [0.1, 0.15) is 18.4 Å². The van der Waals surface area contributed by atoms with Crippen LogP contribution in [-0.4, -0.2) is 34.1 Å². The fourth-order valence-electron chi connectivity index (χ4n) is 2.81. The number of hydrogen-bond donors (Lipinski definition) is 2. The van der Waals surface area contributed by atoms with Gasteiger partial charge in [0.15, 0.2) is 0 Å². The van der Waals surface area contributed by atoms with E-state index in [0.717, 1.165) is 37.3 Å². The number of aryl methyl sites for hydroxylation is 1. The van der Waals surface area contributed by atoms with Crippen LogP contribution in [0.5, 0.6) is 5.75 Å². The van der Waals surface area contributed by atoms with Gasteiger partial charge in [0, 0.05) is 31.4 Å². The Morgan fingerprint density at radius 1 is 1.30 bits per heavy atom. The van der Waals surface area contributed by atoms with Crippen molar-refractivity contribution in [2.24, 2.45) is 5.92 Å². The maximum Gasteiger partial charge on any atom is 0.227 e. The third-order valence-electron chi connectivity index (χ3n) is 4.15. The fraction of sp³-hybridized carbons (Fsp3) is 0.353. The lowest BCUT2D eigenvalue weighted by Gasteiger charge is -2.31. The number of aromatic hydroxyl groups is 1. The molecule has 1 saturated heterocycles. The SMILES string of the molecule is Cc1ccc(NC(=O)C2CCN(c3cnccn3)CC2)c(O)c1. The lowest BCUT2D eigenvalue weighted by molar-refractivity contribution is -0.120. The summed E-state index contributed by atoms with van der Waals surface area (Å²) in [6.45, 7) is 3.45. The quantitative estimate of drug-likeness (QED) is 0.851. The van der Waals surface area contributed by atoms with Crippen molar-refractivity contribution in [2.45, 2.75) is 19.8 Å². The summed E-state index contributed by atoms with van der Waals surface area (Å²) in [5, 5.41) is 12.7. The molecule has 0 unspecified atom stereocenters. The van der Waals surface area contributed by atoms with Crippen LogP contribution in [0, 0.1) is 12.8 Å². The molecule has 2 N–H and O–H groups in total. The summed E-state index contributed by atoms with van der Waals surface area (Å²) in [4.78, 5) is 22.9. The Morgan fingerprint density at radius 2 is 2.09 bits per heavy atom. The molecule has 0 aliphatic carbocycles. The third kappa shape index (κ3) is 3.59. The number of phenolic OH excluding ortho intramolecular Hbond substituents is 1. The summed E-state index contributed by atoms with van der Waals surface area (Å²) in [6, 6.07) is 5.25. The summed E-state index contributed by atoms with van der Waals surface area (Å²) < 4.78 is 0. The smallest absolute Gasteiger partial charge is 0.227 e. The molecule has 0 bridgehead atoms. The molecule has 1 aromatic carbocycles. The van der Waals surface area contributed by atoms with Crippen molar-refractivity contribution in [3.05, 3.63) is 42.4 Å². The van der Waals surface area contributed by atoms with E-state index < -0.39 is 0 Å². The van der Waals surface area contributed by atoms with Gasteiger partial charge < -0.3 is 15.3 Å². The van der Waals surface area contributed by atoms with Crippen molar-refractivity contribution in [2.75, 3.05) is 23.3 Å². The topological polar surface area (TPSA) is 78.4 Å². The molecule has 0 saturated carbocycles. The highest BCUT2D eigenvalue weighted by molar-refractivity contribution is 5.94. The number of aromatic nitrogens is 2. The summed E-state index contributed by atoms with van der Waals surface area (Å²) in [6.07, 6.45) is 6.58. The Hall–Kier alpha value is -2.63. The molecule has 1 aliphatic rings. The van der Waals surface area contributed by atoms with Crippen LogP contribution in [0.25, 0.3) is 0 Å². The molecule has 1 fully saturated rings. The van der Waals surface area contributed by atoms with Gasteiger partial charge in [0.25, 0.3) is 0 Å². The van der Waals surface area contributed by atoms with Gasteiger partial charge in [-0.2, -0.15) is 0 Å². The molecular formula is C17H20N4O2. The number of carbonyl (C=O) groups is 1. The molecule has 2 heterocycles. The van der Waals surface area contributed by atoms with Gasteiger partial charge in [-0.25, -0.2) is 4.98 Å². The van der Waals surface area contributed by atoms with E-state index in [4.69, 9.17) is 0 Å². The number of phenols is 1. The van der Waals surface area contributed by atoms with Gasteiger partial charge in [0.2, 0.25) is 5.91 Å². The van der Waals surface area contributed by atoms with E-state index in [-0.39, 0.29) is 17.6 Å². The van der Waals surface area contributed by atoms with E-state index in [0.29, 0.717) is 5.69 Å². The summed E-state index contributed by atoms with van der Waals surface area (Å²) in [7, 11) is 0. The van der Waals surface area contributed by atoms with Crippen LogP contribution in [0.15, 0.2) is 36.8 Å². The van der Waals surface area contributed by atoms with E-state index in [1.165, 1.54) is 0 Å². The zero-order valence-electron chi connectivity index (χ0n) is 13.1. The highest BCUT2D eigenvalue weighted by Gasteiger charge is 2.26. The first-order valence-electron chi connectivity index (χ1n) is 7.75. The average Bonchev–Trinajstić information content (AvgIpc) is 2.58. The summed E-state index contributed by atoms with van der Waals surface area (Å²) >= 11 is 0. The van der Waals surface area contributed by atoms with Gasteiger partial charge in [0.05, 0.1) is 11.9 Å². The fourth-order valence-corrected chi connectivity index (χ4v) is 2.81. The van der Waals surface area contributed by atoms with Crippen LogP contribution >= 0.6 is 0 Å². The number of nitrogens with one attached hydrogen (secondary N) is 1. The molecule has 23 heavy (non-hydrogen) atoms. The number of hydrogen-bond acceptors (Lipinski definition) is 5. The highest BCUT2D eigenvalue weighted by Crippen LogP contribution is 2.27. The van der Waals surface area contributed by atoms with Crippen LogP contribution < -0.4 is 10.2 Å². The van der Waals surface area contributed by atoms with Gasteiger partial charge in [-0.1, -0.05) is 6.07 Å². The van der Waals surface area contributed by atoms with E-state index in [1.54, 1.807) is 30.7 Å². The first-order valence-corrected chi connectivity index (χ1v) is 7.75. The van der Waals surface area contributed by atoms with Crippen molar-refractivity contribution in [3.8, 4) is 5.75 Å². The Morgan fingerprint density at radius 3 is 2.74 bits per heavy atom. The minimum Gasteiger partial charge on any atom is -0.506 e. The number of piperidine rings is 1. The maximum absolute atomic E-state index is 12.4. The van der Waals surface area contributed by atoms with Gasteiger partial charge in [-0.05, 0) is 37.5 Å². The lowest BCUT2D eigenvalue weighted by atomic mass is 9.96. The van der Waals surface area contributed by atoms with Crippen molar-refractivity contribution >= 4 is 17.4 Å². The van der Waals surface area contributed by atoms with E-state index in [2.05, 4.69) is 20.2 Å². The molecule has 6 nitrogen and oxygen atoms in total. The number of amides is 1. The van der Waals surface area contributed by atoms with Crippen molar-refractivity contribution < 1.29 is 9.90 Å². The molecule has 3 rings (SSSR count). The Labute approximate surface area is 135 Å². The van der Waals surface area contributed by atoms with E-state index in [9.17, 15) is 9.90 Å². The molecule has 0 atom stereocenters. The van der Waals surface area contributed by atoms with E-state index >= 15 is 0 Å². The van der Waals surface area contributed by atoms with Crippen LogP contribution in [0.3, 0.4) is 0 Å². The summed E-state index contributed by atoms with van der Waals surface area (Å²) in [5.41, 5.74) is 1.43. The zero-order chi connectivity index (χ0) is 16.2. The first kappa shape index (κ1) is 15.3. The lowest BCUT2D eigenvalue weighted by Crippen LogP contribution is -2.38. The van der Waals surface area contributed by atoms with Gasteiger partial charge in [-0.15, -0.1) is 0 Å². The normalized spacial score (nSPS) is 15.4. The predicted octanol–water partition coefficient (Wildman–Crippen LogP) is 2.35. The Bertz CT molecular complexity index is 682. The van der Waals surface area contributed by atoms with Crippen LogP contribution in [0.2, 0.25) is 0 Å². The predicted molar refractivity (Wildman–Crippen MR) is 88.4 cm³/mol. The molecule has 0 radical (unpaired) electrons. The van der Waals surface area contributed by atoms with E-state index in [1.807, 2.05) is 13.0 Å². The molecule has 120 valence electrons. The largest absolute Gasteiger partial charge is 0.506 e. The standard InChI is InChI=1S/C17H20N4O2/c1-12-2-3-14(15(22)10-12)20-17(23)13-4-8-21(9-5-13)16-11-18-6-7-19-16/h2-3,6-7,10-11,13,22H,4-5,8-9H2,1H3,(H,20,23). The summed E-state index contributed by atoms with van der Waals surface area (Å²) in [5.74, 6) is 0.865. The highest BCUT2D eigenvalue weighted by atomic mass is 16.3. The Kier molecular flexibility index (Phi) is 4.41. The third-order valence-corrected chi connectivity index (χ3v) is 4.15. The number of rotatable bonds is 3. The zero-order valence-corrected chi connectivity index (χ0v) is 13.1.